The first-order chi connectivity index (χ1) is 7.35. The maximum Gasteiger partial charge on any atom is 0.142 e. The van der Waals surface area contributed by atoms with Gasteiger partial charge in [-0.05, 0) is 18.6 Å². The average molecular weight is 219 g/mol. The monoisotopic (exact) mass is 219 g/mol. The zero-order chi connectivity index (χ0) is 10.7. The summed E-state index contributed by atoms with van der Waals surface area (Å²) in [6.07, 6.45) is 2.71. The van der Waals surface area contributed by atoms with E-state index in [1.165, 1.54) is 0 Å². The molecule has 0 spiro atoms. The molecule has 0 unspecified atom stereocenters. The molecule has 0 bridgehead atoms. The van der Waals surface area contributed by atoms with Crippen LogP contribution >= 0.6 is 11.3 Å². The Morgan fingerprint density at radius 1 is 1.40 bits per heavy atom. The number of thiazole rings is 1. The quantitative estimate of drug-likeness (QED) is 0.861. The van der Waals surface area contributed by atoms with E-state index in [9.17, 15) is 0 Å². The zero-order valence-electron chi connectivity index (χ0n) is 8.60. The summed E-state index contributed by atoms with van der Waals surface area (Å²) in [5.41, 5.74) is 7.70. The molecule has 0 aliphatic carbocycles. The summed E-state index contributed by atoms with van der Waals surface area (Å²) in [6.45, 7) is 2.66. The topological polar surface area (TPSA) is 51.8 Å². The van der Waals surface area contributed by atoms with Gasteiger partial charge in [-0.1, -0.05) is 13.0 Å². The van der Waals surface area contributed by atoms with Crippen molar-refractivity contribution in [1.29, 1.82) is 0 Å². The lowest BCUT2D eigenvalue weighted by molar-refractivity contribution is 0.988. The van der Waals surface area contributed by atoms with Crippen LogP contribution in [-0.4, -0.2) is 9.97 Å². The molecular weight excluding hydrogens is 206 g/mol. The minimum Gasteiger partial charge on any atom is -0.326 e. The van der Waals surface area contributed by atoms with E-state index < -0.39 is 0 Å². The number of aromatic nitrogens is 2. The van der Waals surface area contributed by atoms with E-state index in [-0.39, 0.29) is 0 Å². The van der Waals surface area contributed by atoms with Crippen LogP contribution in [0, 0.1) is 0 Å². The number of nitrogens with two attached hydrogens (primary N) is 1. The second-order valence-electron chi connectivity index (χ2n) is 3.16. The summed E-state index contributed by atoms with van der Waals surface area (Å²) in [5.74, 6) is 0. The number of hydrogen-bond acceptors (Lipinski definition) is 4. The first kappa shape index (κ1) is 10.3. The number of nitrogens with zero attached hydrogens (tertiary/aromatic N) is 2. The molecule has 0 amide bonds. The highest BCUT2D eigenvalue weighted by Gasteiger charge is 2.10. The van der Waals surface area contributed by atoms with E-state index in [4.69, 9.17) is 5.73 Å². The van der Waals surface area contributed by atoms with Crippen LogP contribution in [0.25, 0.3) is 10.7 Å². The smallest absolute Gasteiger partial charge is 0.142 e. The Balaban J connectivity index is 2.42. The Morgan fingerprint density at radius 3 is 2.80 bits per heavy atom. The van der Waals surface area contributed by atoms with Gasteiger partial charge in [-0.15, -0.1) is 11.3 Å². The van der Waals surface area contributed by atoms with Crippen molar-refractivity contribution in [2.75, 3.05) is 0 Å². The van der Waals surface area contributed by atoms with Crippen LogP contribution < -0.4 is 5.73 Å². The molecule has 0 aliphatic heterocycles. The number of rotatable bonds is 3. The van der Waals surface area contributed by atoms with Crippen LogP contribution in [0.15, 0.2) is 24.4 Å². The molecule has 2 N–H and O–H groups in total. The summed E-state index contributed by atoms with van der Waals surface area (Å²) in [4.78, 5) is 9.99. The Morgan fingerprint density at radius 2 is 2.27 bits per heavy atom. The fourth-order valence-corrected chi connectivity index (χ4v) is 2.42. The summed E-state index contributed by atoms with van der Waals surface area (Å²) in [5, 5.41) is 0.966. The molecule has 2 aromatic rings. The van der Waals surface area contributed by atoms with E-state index in [0.29, 0.717) is 6.54 Å². The van der Waals surface area contributed by atoms with Gasteiger partial charge in [0.2, 0.25) is 0 Å². The van der Waals surface area contributed by atoms with Gasteiger partial charge in [-0.25, -0.2) is 4.98 Å². The van der Waals surface area contributed by atoms with Crippen molar-refractivity contribution in [3.63, 3.8) is 0 Å². The van der Waals surface area contributed by atoms with E-state index in [1.54, 1.807) is 17.5 Å². The van der Waals surface area contributed by atoms with Crippen molar-refractivity contribution in [2.45, 2.75) is 19.9 Å². The Kier molecular flexibility index (Phi) is 3.08. The molecule has 0 radical (unpaired) electrons. The van der Waals surface area contributed by atoms with Gasteiger partial charge in [-0.2, -0.15) is 0 Å². The van der Waals surface area contributed by atoms with Crippen LogP contribution in [0.5, 0.6) is 0 Å². The number of pyridine rings is 1. The highest BCUT2D eigenvalue weighted by molar-refractivity contribution is 7.15. The first-order valence-corrected chi connectivity index (χ1v) is 5.76. The maximum atomic E-state index is 5.67. The fraction of sp³-hybridized carbons (Fsp3) is 0.273. The second-order valence-corrected chi connectivity index (χ2v) is 4.25. The third-order valence-corrected chi connectivity index (χ3v) is 3.33. The molecule has 0 fully saturated rings. The predicted octanol–water partition coefficient (Wildman–Crippen LogP) is 2.23. The summed E-state index contributed by atoms with van der Waals surface area (Å²) in [7, 11) is 0. The summed E-state index contributed by atoms with van der Waals surface area (Å²) >= 11 is 1.64. The molecule has 0 saturated carbocycles. The van der Waals surface area contributed by atoms with Crippen LogP contribution in [0.2, 0.25) is 0 Å². The molecule has 0 atom stereocenters. The van der Waals surface area contributed by atoms with Crippen molar-refractivity contribution in [3.8, 4) is 10.7 Å². The van der Waals surface area contributed by atoms with E-state index >= 15 is 0 Å². The first-order valence-electron chi connectivity index (χ1n) is 4.95. The molecule has 2 heterocycles. The van der Waals surface area contributed by atoms with E-state index in [2.05, 4.69) is 16.9 Å². The standard InChI is InChI=1S/C11H13N3S/c1-2-8-10(7-12)15-11(14-8)9-5-3-4-6-13-9/h3-6H,2,7,12H2,1H3. The fourth-order valence-electron chi connectivity index (χ4n) is 1.42. The molecule has 4 heteroatoms. The van der Waals surface area contributed by atoms with Crippen LogP contribution in [0.3, 0.4) is 0 Å². The Labute approximate surface area is 93.0 Å². The van der Waals surface area contributed by atoms with Crippen LogP contribution in [0.4, 0.5) is 0 Å². The normalized spacial score (nSPS) is 10.5. The largest absolute Gasteiger partial charge is 0.326 e. The van der Waals surface area contributed by atoms with E-state index in [1.807, 2.05) is 18.2 Å². The van der Waals surface area contributed by atoms with Crippen molar-refractivity contribution < 1.29 is 0 Å². The summed E-state index contributed by atoms with van der Waals surface area (Å²) in [6, 6.07) is 5.84. The van der Waals surface area contributed by atoms with Gasteiger partial charge in [0.05, 0.1) is 11.4 Å². The summed E-state index contributed by atoms with van der Waals surface area (Å²) < 4.78 is 0. The molecular formula is C11H13N3S. The number of hydrogen-bond donors (Lipinski definition) is 1. The third-order valence-electron chi connectivity index (χ3n) is 2.18. The van der Waals surface area contributed by atoms with Gasteiger partial charge < -0.3 is 5.73 Å². The van der Waals surface area contributed by atoms with Crippen LogP contribution in [-0.2, 0) is 13.0 Å². The molecule has 2 aromatic heterocycles. The van der Waals surface area contributed by atoms with Gasteiger partial charge in [0, 0.05) is 17.6 Å². The predicted molar refractivity (Wildman–Crippen MR) is 62.6 cm³/mol. The lowest BCUT2D eigenvalue weighted by Gasteiger charge is -1.92. The minimum absolute atomic E-state index is 0.563. The lowest BCUT2D eigenvalue weighted by Crippen LogP contribution is -1.96. The molecule has 0 saturated heterocycles. The number of aryl methyl sites for hydroxylation is 1. The van der Waals surface area contributed by atoms with Crippen molar-refractivity contribution in [3.05, 3.63) is 35.0 Å². The lowest BCUT2D eigenvalue weighted by atomic mass is 10.3. The van der Waals surface area contributed by atoms with Crippen molar-refractivity contribution >= 4 is 11.3 Å². The highest BCUT2D eigenvalue weighted by atomic mass is 32.1. The maximum absolute atomic E-state index is 5.67. The van der Waals surface area contributed by atoms with Gasteiger partial charge in [0.1, 0.15) is 5.01 Å². The van der Waals surface area contributed by atoms with E-state index in [0.717, 1.165) is 27.7 Å². The van der Waals surface area contributed by atoms with Gasteiger partial charge >= 0.3 is 0 Å². The Bertz CT molecular complexity index is 415. The molecule has 2 rings (SSSR count). The third kappa shape index (κ3) is 2.06. The van der Waals surface area contributed by atoms with Gasteiger partial charge in [0.15, 0.2) is 0 Å². The minimum atomic E-state index is 0.563. The second kappa shape index (κ2) is 4.51. The molecule has 0 aromatic carbocycles. The SMILES string of the molecule is CCc1nc(-c2ccccn2)sc1CN. The van der Waals surface area contributed by atoms with Crippen molar-refractivity contribution in [2.24, 2.45) is 5.73 Å². The molecule has 15 heavy (non-hydrogen) atoms. The van der Waals surface area contributed by atoms with Crippen LogP contribution in [0.1, 0.15) is 17.5 Å². The average Bonchev–Trinajstić information content (AvgIpc) is 2.73. The van der Waals surface area contributed by atoms with Crippen molar-refractivity contribution in [1.82, 2.24) is 9.97 Å². The highest BCUT2D eigenvalue weighted by Crippen LogP contribution is 2.26. The molecule has 0 aliphatic rings. The molecule has 78 valence electrons. The zero-order valence-corrected chi connectivity index (χ0v) is 9.42. The molecule has 3 nitrogen and oxygen atoms in total. The Hall–Kier alpha value is -1.26. The van der Waals surface area contributed by atoms with Gasteiger partial charge in [0.25, 0.3) is 0 Å². The van der Waals surface area contributed by atoms with Gasteiger partial charge in [-0.3, -0.25) is 4.98 Å².